The number of oxazole rings is 1. The van der Waals surface area contributed by atoms with Crippen LogP contribution >= 0.6 is 11.5 Å². The van der Waals surface area contributed by atoms with Gasteiger partial charge in [-0.25, -0.2) is 4.98 Å². The first-order valence-electron chi connectivity index (χ1n) is 8.65. The molecule has 0 spiro atoms. The maximum atomic E-state index is 12.5. The summed E-state index contributed by atoms with van der Waals surface area (Å²) in [6, 6.07) is 5.67. The highest BCUT2D eigenvalue weighted by Gasteiger charge is 2.21. The van der Waals surface area contributed by atoms with Gasteiger partial charge in [-0.1, -0.05) is 32.9 Å². The fraction of sp³-hybridized carbons (Fsp3) is 0.200. The normalized spacial score (nSPS) is 13.5. The molecule has 0 aliphatic heterocycles. The van der Waals surface area contributed by atoms with E-state index in [4.69, 9.17) is 4.42 Å². The van der Waals surface area contributed by atoms with Crippen LogP contribution in [-0.4, -0.2) is 19.3 Å². The van der Waals surface area contributed by atoms with E-state index in [0.29, 0.717) is 11.5 Å². The number of fused-ring (bicyclic) bond motifs is 1. The van der Waals surface area contributed by atoms with E-state index in [9.17, 15) is 9.59 Å². The lowest BCUT2D eigenvalue weighted by Gasteiger charge is -2.14. The van der Waals surface area contributed by atoms with E-state index in [-0.39, 0.29) is 16.1 Å². The summed E-state index contributed by atoms with van der Waals surface area (Å²) in [7, 11) is 0. The van der Waals surface area contributed by atoms with Crippen LogP contribution in [0.5, 0.6) is 0 Å². The summed E-state index contributed by atoms with van der Waals surface area (Å²) in [5, 5.41) is 3.29. The minimum absolute atomic E-state index is 0.122. The van der Waals surface area contributed by atoms with Gasteiger partial charge in [-0.2, -0.15) is 4.37 Å². The fourth-order valence-corrected chi connectivity index (χ4v) is 3.52. The van der Waals surface area contributed by atoms with Crippen molar-refractivity contribution < 1.29 is 4.42 Å². The molecule has 0 saturated carbocycles. The minimum Gasteiger partial charge on any atom is -0.447 e. The van der Waals surface area contributed by atoms with E-state index >= 15 is 0 Å². The molecule has 0 aliphatic carbocycles. The molecule has 7 nitrogen and oxygen atoms in total. The average molecular weight is 394 g/mol. The molecule has 3 aromatic heterocycles. The first kappa shape index (κ1) is 18.1. The topological polar surface area (TPSA) is 105 Å². The first-order chi connectivity index (χ1) is 13.3. The van der Waals surface area contributed by atoms with E-state index in [1.165, 1.54) is 24.0 Å². The monoisotopic (exact) mass is 394 g/mol. The zero-order chi connectivity index (χ0) is 19.9. The van der Waals surface area contributed by atoms with Crippen molar-refractivity contribution >= 4 is 34.6 Å². The third-order valence-electron chi connectivity index (χ3n) is 4.24. The first-order valence-corrected chi connectivity index (χ1v) is 9.49. The maximum Gasteiger partial charge on any atom is 0.272 e. The SMILES string of the molecule is CC(C)(C)c1ocnc1/C=c1\[nH]c(=O)/c(=C/c2ccc3csnc3c2)[nH]c1=O. The van der Waals surface area contributed by atoms with Crippen LogP contribution in [0.3, 0.4) is 0 Å². The van der Waals surface area contributed by atoms with Crippen molar-refractivity contribution in [3.05, 3.63) is 78.4 Å². The van der Waals surface area contributed by atoms with Crippen LogP contribution in [0.1, 0.15) is 37.8 Å². The van der Waals surface area contributed by atoms with Crippen LogP contribution in [0, 0.1) is 0 Å². The number of H-pyrrole nitrogens is 2. The number of benzene rings is 1. The summed E-state index contributed by atoms with van der Waals surface area (Å²) >= 11 is 1.37. The van der Waals surface area contributed by atoms with Crippen molar-refractivity contribution in [2.24, 2.45) is 0 Å². The molecule has 0 amide bonds. The predicted molar refractivity (Wildman–Crippen MR) is 109 cm³/mol. The fourth-order valence-electron chi connectivity index (χ4n) is 2.89. The molecule has 0 atom stereocenters. The largest absolute Gasteiger partial charge is 0.447 e. The Labute approximate surface area is 163 Å². The third kappa shape index (κ3) is 3.46. The number of nitrogens with one attached hydrogen (secondary N) is 2. The lowest BCUT2D eigenvalue weighted by Crippen LogP contribution is -2.46. The van der Waals surface area contributed by atoms with Crippen molar-refractivity contribution in [2.45, 2.75) is 26.2 Å². The molecule has 0 aliphatic rings. The van der Waals surface area contributed by atoms with Crippen molar-refractivity contribution in [3.63, 3.8) is 0 Å². The van der Waals surface area contributed by atoms with Gasteiger partial charge in [-0.15, -0.1) is 0 Å². The highest BCUT2D eigenvalue weighted by atomic mass is 32.1. The van der Waals surface area contributed by atoms with Crippen molar-refractivity contribution in [1.82, 2.24) is 19.3 Å². The summed E-state index contributed by atoms with van der Waals surface area (Å²) in [6.07, 6.45) is 4.48. The Morgan fingerprint density at radius 2 is 1.79 bits per heavy atom. The Morgan fingerprint density at radius 1 is 1.07 bits per heavy atom. The second kappa shape index (κ2) is 6.72. The number of aromatic amines is 2. The van der Waals surface area contributed by atoms with Crippen LogP contribution in [0.2, 0.25) is 0 Å². The molecule has 142 valence electrons. The van der Waals surface area contributed by atoms with Crippen molar-refractivity contribution in [1.29, 1.82) is 0 Å². The quantitative estimate of drug-likeness (QED) is 0.538. The Balaban J connectivity index is 1.82. The van der Waals surface area contributed by atoms with Crippen LogP contribution in [0.25, 0.3) is 23.1 Å². The highest BCUT2D eigenvalue weighted by molar-refractivity contribution is 7.04. The lowest BCUT2D eigenvalue weighted by molar-refractivity contribution is 0.407. The Bertz CT molecular complexity index is 1400. The van der Waals surface area contributed by atoms with Gasteiger partial charge in [0.15, 0.2) is 6.39 Å². The predicted octanol–water partition coefficient (Wildman–Crippen LogP) is 1.62. The summed E-state index contributed by atoms with van der Waals surface area (Å²) in [4.78, 5) is 34.4. The van der Waals surface area contributed by atoms with Gasteiger partial charge in [-0.05, 0) is 35.3 Å². The van der Waals surface area contributed by atoms with E-state index in [1.54, 1.807) is 6.08 Å². The summed E-state index contributed by atoms with van der Waals surface area (Å²) < 4.78 is 9.73. The van der Waals surface area contributed by atoms with Gasteiger partial charge in [0.2, 0.25) is 0 Å². The number of aromatic nitrogens is 4. The van der Waals surface area contributed by atoms with Crippen LogP contribution < -0.4 is 21.8 Å². The smallest absolute Gasteiger partial charge is 0.272 e. The molecule has 28 heavy (non-hydrogen) atoms. The molecule has 0 unspecified atom stereocenters. The number of hydrogen-bond donors (Lipinski definition) is 2. The molecule has 1 aromatic carbocycles. The minimum atomic E-state index is -0.413. The summed E-state index contributed by atoms with van der Waals surface area (Å²) in [6.45, 7) is 5.94. The molecule has 2 N–H and O–H groups in total. The molecule has 0 radical (unpaired) electrons. The Hall–Kier alpha value is -3.26. The molecule has 0 bridgehead atoms. The molecule has 4 rings (SSSR count). The molecular weight excluding hydrogens is 376 g/mol. The number of rotatable bonds is 2. The number of nitrogens with zero attached hydrogens (tertiary/aromatic N) is 2. The molecule has 0 fully saturated rings. The second-order valence-electron chi connectivity index (χ2n) is 7.47. The molecule has 3 heterocycles. The molecule has 8 heteroatoms. The second-order valence-corrected chi connectivity index (χ2v) is 8.10. The van der Waals surface area contributed by atoms with Crippen LogP contribution in [-0.2, 0) is 5.41 Å². The third-order valence-corrected chi connectivity index (χ3v) is 4.90. The average Bonchev–Trinajstić information content (AvgIpc) is 3.27. The maximum absolute atomic E-state index is 12.5. The van der Waals surface area contributed by atoms with E-state index in [1.807, 2.05) is 44.4 Å². The van der Waals surface area contributed by atoms with Gasteiger partial charge in [-0.3, -0.25) is 9.59 Å². The van der Waals surface area contributed by atoms with Gasteiger partial charge in [0.05, 0.1) is 5.52 Å². The molecular formula is C20H18N4O3S. The standard InChI is InChI=1S/C20H18N4O3S/c1-20(2,3)17-14(21-10-27-17)8-16-19(26)22-15(18(25)23-16)7-11-4-5-12-9-28-24-13(12)6-11/h4-10H,1-3H3,(H,22,26)(H,23,25)/b15-7-,16-8-. The van der Waals surface area contributed by atoms with Gasteiger partial charge >= 0.3 is 0 Å². The molecule has 0 saturated heterocycles. The molecule has 4 aromatic rings. The number of hydrogen-bond acceptors (Lipinski definition) is 6. The lowest BCUT2D eigenvalue weighted by atomic mass is 9.92. The van der Waals surface area contributed by atoms with Gasteiger partial charge < -0.3 is 14.4 Å². The summed E-state index contributed by atoms with van der Waals surface area (Å²) in [5.41, 5.74) is 1.05. The summed E-state index contributed by atoms with van der Waals surface area (Å²) in [5.74, 6) is 0.639. The van der Waals surface area contributed by atoms with Crippen molar-refractivity contribution in [2.75, 3.05) is 0 Å². The van der Waals surface area contributed by atoms with E-state index in [0.717, 1.165) is 16.5 Å². The Morgan fingerprint density at radius 3 is 2.50 bits per heavy atom. The van der Waals surface area contributed by atoms with Crippen molar-refractivity contribution in [3.8, 4) is 0 Å². The van der Waals surface area contributed by atoms with Crippen LogP contribution in [0.15, 0.2) is 44.0 Å². The zero-order valence-electron chi connectivity index (χ0n) is 15.6. The van der Waals surface area contributed by atoms with Gasteiger partial charge in [0.1, 0.15) is 22.2 Å². The highest BCUT2D eigenvalue weighted by Crippen LogP contribution is 2.25. The van der Waals surface area contributed by atoms with Gasteiger partial charge in [0.25, 0.3) is 11.1 Å². The van der Waals surface area contributed by atoms with E-state index in [2.05, 4.69) is 19.3 Å². The van der Waals surface area contributed by atoms with Gasteiger partial charge in [0, 0.05) is 16.2 Å². The zero-order valence-corrected chi connectivity index (χ0v) is 16.4. The van der Waals surface area contributed by atoms with Crippen LogP contribution in [0.4, 0.5) is 0 Å². The van der Waals surface area contributed by atoms with E-state index < -0.39 is 11.1 Å². The Kier molecular flexibility index (Phi) is 4.35.